The Morgan fingerprint density at radius 3 is 2.07 bits per heavy atom. The van der Waals surface area contributed by atoms with Gasteiger partial charge in [-0.25, -0.2) is 9.36 Å². The molecule has 0 atom stereocenters. The zero-order valence-corrected chi connectivity index (χ0v) is 10.2. The monoisotopic (exact) mass is 237 g/mol. The van der Waals surface area contributed by atoms with Gasteiger partial charge in [0.25, 0.3) is 0 Å². The molecule has 0 saturated heterocycles. The van der Waals surface area contributed by atoms with Crippen LogP contribution in [0.4, 0.5) is 0 Å². The Kier molecular flexibility index (Phi) is 6.40. The van der Waals surface area contributed by atoms with Gasteiger partial charge in [0.1, 0.15) is 5.71 Å². The maximum atomic E-state index is 11.8. The molecular weight excluding hydrogens is 221 g/mol. The zero-order chi connectivity index (χ0) is 11.9. The highest BCUT2D eigenvalue weighted by molar-refractivity contribution is 7.52. The molecule has 15 heavy (non-hydrogen) atoms. The van der Waals surface area contributed by atoms with Crippen LogP contribution in [-0.4, -0.2) is 32.0 Å². The highest BCUT2D eigenvalue weighted by atomic mass is 31.2. The summed E-state index contributed by atoms with van der Waals surface area (Å²) in [6.07, 6.45) is 0. The summed E-state index contributed by atoms with van der Waals surface area (Å²) in [7, 11) is -2.34. The van der Waals surface area contributed by atoms with Crippen molar-refractivity contribution >= 4 is 19.4 Å². The van der Waals surface area contributed by atoms with Crippen LogP contribution in [0.25, 0.3) is 0 Å². The number of nitrogens with zero attached hydrogens (tertiary/aromatic N) is 1. The summed E-state index contributed by atoms with van der Waals surface area (Å²) in [5, 5.41) is 0. The van der Waals surface area contributed by atoms with Crippen molar-refractivity contribution in [1.29, 1.82) is 0 Å². The lowest BCUT2D eigenvalue weighted by atomic mass is 10.4. The van der Waals surface area contributed by atoms with E-state index in [4.69, 9.17) is 9.05 Å². The molecule has 0 aromatic carbocycles. The molecule has 0 fully saturated rings. The first kappa shape index (κ1) is 14.3. The van der Waals surface area contributed by atoms with Crippen molar-refractivity contribution in [2.24, 2.45) is 4.76 Å². The quantitative estimate of drug-likeness (QED) is 0.400. The second-order valence-corrected chi connectivity index (χ2v) is 4.13. The molecule has 0 aliphatic rings. The molecule has 0 spiro atoms. The Morgan fingerprint density at radius 2 is 1.73 bits per heavy atom. The molecule has 0 aliphatic heterocycles. The van der Waals surface area contributed by atoms with E-state index in [9.17, 15) is 9.36 Å². The highest BCUT2D eigenvalue weighted by Crippen LogP contribution is 2.49. The molecule has 0 amide bonds. The van der Waals surface area contributed by atoms with Gasteiger partial charge < -0.3 is 4.74 Å². The van der Waals surface area contributed by atoms with E-state index in [-0.39, 0.29) is 18.9 Å². The number of rotatable bonds is 6. The summed E-state index contributed by atoms with van der Waals surface area (Å²) in [5.74, 6) is -0.658. The van der Waals surface area contributed by atoms with E-state index in [1.165, 1.54) is 14.0 Å². The van der Waals surface area contributed by atoms with Gasteiger partial charge in [-0.1, -0.05) is 0 Å². The van der Waals surface area contributed by atoms with Crippen molar-refractivity contribution in [1.82, 2.24) is 0 Å². The molecule has 0 radical (unpaired) electrons. The van der Waals surface area contributed by atoms with Gasteiger partial charge in [-0.3, -0.25) is 9.05 Å². The van der Waals surface area contributed by atoms with E-state index in [2.05, 4.69) is 9.50 Å². The lowest BCUT2D eigenvalue weighted by molar-refractivity contribution is -0.132. The van der Waals surface area contributed by atoms with Crippen LogP contribution in [0, 0.1) is 0 Å². The number of carbonyl (C=O) groups excluding carboxylic acids is 1. The van der Waals surface area contributed by atoms with Gasteiger partial charge in [-0.2, -0.15) is 4.76 Å². The fourth-order valence-corrected chi connectivity index (χ4v) is 2.09. The van der Waals surface area contributed by atoms with Crippen LogP contribution < -0.4 is 0 Å². The Bertz CT molecular complexity index is 279. The van der Waals surface area contributed by atoms with Crippen LogP contribution in [0.5, 0.6) is 0 Å². The summed E-state index contributed by atoms with van der Waals surface area (Å²) >= 11 is 0. The van der Waals surface area contributed by atoms with Gasteiger partial charge in [0.05, 0.1) is 20.3 Å². The van der Waals surface area contributed by atoms with Crippen molar-refractivity contribution in [3.8, 4) is 0 Å². The third kappa shape index (κ3) is 5.06. The summed E-state index contributed by atoms with van der Waals surface area (Å²) in [5.41, 5.74) is -0.0391. The topological polar surface area (TPSA) is 74.2 Å². The van der Waals surface area contributed by atoms with Crippen molar-refractivity contribution in [2.75, 3.05) is 20.3 Å². The summed E-state index contributed by atoms with van der Waals surface area (Å²) in [6, 6.07) is 0. The molecule has 88 valence electrons. The van der Waals surface area contributed by atoms with E-state index in [0.717, 1.165) is 0 Å². The molecule has 7 heteroatoms. The van der Waals surface area contributed by atoms with Crippen LogP contribution >= 0.6 is 7.75 Å². The first-order valence-corrected chi connectivity index (χ1v) is 6.02. The van der Waals surface area contributed by atoms with Gasteiger partial charge >= 0.3 is 13.7 Å². The third-order valence-electron chi connectivity index (χ3n) is 1.34. The maximum Gasteiger partial charge on any atom is 0.454 e. The smallest absolute Gasteiger partial charge is 0.454 e. The fraction of sp³-hybridized carbons (Fsp3) is 0.750. The number of methoxy groups -OCH3 is 1. The van der Waals surface area contributed by atoms with Gasteiger partial charge in [-0.05, 0) is 20.8 Å². The Balaban J connectivity index is 4.79. The van der Waals surface area contributed by atoms with E-state index in [1.54, 1.807) is 13.8 Å². The molecule has 0 aliphatic carbocycles. The van der Waals surface area contributed by atoms with Crippen LogP contribution in [-0.2, 0) is 23.1 Å². The third-order valence-corrected chi connectivity index (χ3v) is 3.05. The van der Waals surface area contributed by atoms with E-state index >= 15 is 0 Å². The molecular formula is C8H16NO5P. The average Bonchev–Trinajstić information content (AvgIpc) is 2.16. The molecule has 0 rings (SSSR count). The first-order chi connectivity index (χ1) is 6.99. The van der Waals surface area contributed by atoms with Crippen molar-refractivity contribution < 1.29 is 23.1 Å². The molecule has 0 aromatic rings. The number of ether oxygens (including phenoxy) is 1. The van der Waals surface area contributed by atoms with Crippen LogP contribution in [0.2, 0.25) is 0 Å². The molecule has 0 aromatic heterocycles. The zero-order valence-electron chi connectivity index (χ0n) is 9.35. The fourth-order valence-electron chi connectivity index (χ4n) is 0.794. The van der Waals surface area contributed by atoms with Crippen LogP contribution in [0.1, 0.15) is 20.8 Å². The lowest BCUT2D eigenvalue weighted by Gasteiger charge is -2.12. The maximum absolute atomic E-state index is 11.8. The summed E-state index contributed by atoms with van der Waals surface area (Å²) in [4.78, 5) is 11.0. The second-order valence-electron chi connectivity index (χ2n) is 2.48. The number of carbonyl (C=O) groups is 1. The number of esters is 1. The van der Waals surface area contributed by atoms with Crippen molar-refractivity contribution in [3.63, 3.8) is 0 Å². The van der Waals surface area contributed by atoms with Crippen LogP contribution in [0.15, 0.2) is 4.76 Å². The van der Waals surface area contributed by atoms with E-state index < -0.39 is 13.7 Å². The Morgan fingerprint density at radius 1 is 1.27 bits per heavy atom. The molecule has 0 N–H and O–H groups in total. The highest BCUT2D eigenvalue weighted by Gasteiger charge is 2.24. The lowest BCUT2D eigenvalue weighted by Crippen LogP contribution is -2.12. The summed E-state index contributed by atoms with van der Waals surface area (Å²) < 4.78 is 29.6. The predicted molar refractivity (Wildman–Crippen MR) is 56.0 cm³/mol. The Hall–Kier alpha value is -0.710. The van der Waals surface area contributed by atoms with Gasteiger partial charge in [0, 0.05) is 0 Å². The van der Waals surface area contributed by atoms with Crippen molar-refractivity contribution in [2.45, 2.75) is 20.8 Å². The molecule has 0 heterocycles. The first-order valence-electron chi connectivity index (χ1n) is 4.53. The molecule has 0 unspecified atom stereocenters. The van der Waals surface area contributed by atoms with Gasteiger partial charge in [0.15, 0.2) is 0 Å². The molecule has 0 saturated carbocycles. The minimum atomic E-state index is -3.56. The largest absolute Gasteiger partial charge is 0.465 e. The minimum absolute atomic E-state index is 0.0391. The minimum Gasteiger partial charge on any atom is -0.465 e. The summed E-state index contributed by atoms with van der Waals surface area (Å²) in [6.45, 7) is 5.09. The molecule has 6 nitrogen and oxygen atoms in total. The number of hydrogen-bond acceptors (Lipinski definition) is 5. The molecule has 0 bridgehead atoms. The normalized spacial score (nSPS) is 12.7. The Labute approximate surface area is 89.2 Å². The van der Waals surface area contributed by atoms with E-state index in [0.29, 0.717) is 0 Å². The van der Waals surface area contributed by atoms with Gasteiger partial charge in [0.2, 0.25) is 0 Å². The van der Waals surface area contributed by atoms with Gasteiger partial charge in [-0.15, -0.1) is 0 Å². The second kappa shape index (κ2) is 6.71. The van der Waals surface area contributed by atoms with Crippen molar-refractivity contribution in [3.05, 3.63) is 0 Å². The number of hydrogen-bond donors (Lipinski definition) is 0. The van der Waals surface area contributed by atoms with Crippen LogP contribution in [0.3, 0.4) is 0 Å². The SMILES string of the molecule is CCOP(=O)(/N=C(\C)C(=O)OC)OCC. The standard InChI is InChI=1S/C8H16NO5P/c1-5-13-15(11,14-6-2)9-7(3)8(10)12-4/h5-6H2,1-4H3/b9-7+. The average molecular weight is 237 g/mol. The predicted octanol–water partition coefficient (Wildman–Crippen LogP) is 1.80. The van der Waals surface area contributed by atoms with E-state index in [1.807, 2.05) is 0 Å².